The summed E-state index contributed by atoms with van der Waals surface area (Å²) >= 11 is -0.131. The van der Waals surface area contributed by atoms with Crippen LogP contribution in [0.3, 0.4) is 0 Å². The Bertz CT molecular complexity index is 1320. The van der Waals surface area contributed by atoms with Gasteiger partial charge in [-0.25, -0.2) is 4.98 Å². The van der Waals surface area contributed by atoms with Gasteiger partial charge < -0.3 is 19.7 Å². The van der Waals surface area contributed by atoms with Crippen molar-refractivity contribution in [2.75, 3.05) is 38.0 Å². The molecule has 0 spiro atoms. The van der Waals surface area contributed by atoms with Crippen molar-refractivity contribution in [1.82, 2.24) is 19.4 Å². The molecule has 6 nitrogen and oxygen atoms in total. The number of nitrogens with zero attached hydrogens (tertiary/aromatic N) is 4. The first kappa shape index (κ1) is 33.2. The summed E-state index contributed by atoms with van der Waals surface area (Å²) in [6.45, 7) is 14.0. The number of aromatic nitrogens is 2. The van der Waals surface area contributed by atoms with E-state index in [1.54, 1.807) is 12.1 Å². The molecule has 1 aromatic heterocycles. The van der Waals surface area contributed by atoms with Gasteiger partial charge in [0.1, 0.15) is 0 Å². The molecular weight excluding hydrogens is 571 g/mol. The third kappa shape index (κ3) is 10.2. The molecule has 1 saturated heterocycles. The second-order valence-corrected chi connectivity index (χ2v) is 13.5. The van der Waals surface area contributed by atoms with Crippen LogP contribution in [0.4, 0.5) is 24.8 Å². The first-order valence-corrected chi connectivity index (χ1v) is 16.4. The predicted octanol–water partition coefficient (Wildman–Crippen LogP) is 8.80. The van der Waals surface area contributed by atoms with Crippen LogP contribution in [0.25, 0.3) is 11.0 Å². The Hall–Kier alpha value is -2.72. The highest BCUT2D eigenvalue weighted by Gasteiger charge is 2.29. The van der Waals surface area contributed by atoms with E-state index in [2.05, 4.69) is 42.5 Å². The first-order valence-electron chi connectivity index (χ1n) is 15.6. The van der Waals surface area contributed by atoms with E-state index in [0.717, 1.165) is 63.0 Å². The lowest BCUT2D eigenvalue weighted by molar-refractivity contribution is -0.0328. The number of halogens is 3. The summed E-state index contributed by atoms with van der Waals surface area (Å²) < 4.78 is 41.1. The van der Waals surface area contributed by atoms with Gasteiger partial charge in [-0.1, -0.05) is 40.2 Å². The predicted molar refractivity (Wildman–Crippen MR) is 171 cm³/mol. The van der Waals surface area contributed by atoms with Crippen LogP contribution in [0.5, 0.6) is 0 Å². The van der Waals surface area contributed by atoms with Crippen molar-refractivity contribution in [3.63, 3.8) is 0 Å². The van der Waals surface area contributed by atoms with E-state index in [9.17, 15) is 18.0 Å². The van der Waals surface area contributed by atoms with Crippen molar-refractivity contribution < 1.29 is 18.0 Å². The zero-order valence-electron chi connectivity index (χ0n) is 25.9. The maximum absolute atomic E-state index is 13.8. The Morgan fingerprint density at radius 3 is 2.33 bits per heavy atom. The SMILES string of the molecule is CC(C)CCN(CCC(C)C)C(=O)c1ccc2nc(Nc3cccc(SC(F)(F)F)c3)n(CCCN3CCCCC3)c2c1. The number of fused-ring (bicyclic) bond motifs is 1. The number of amides is 1. The molecule has 0 unspecified atom stereocenters. The monoisotopic (exact) mass is 617 g/mol. The molecule has 2 aromatic carbocycles. The number of hydrogen-bond donors (Lipinski definition) is 1. The number of likely N-dealkylation sites (tertiary alicyclic amines) is 1. The van der Waals surface area contributed by atoms with Crippen molar-refractivity contribution in [2.45, 2.75) is 83.2 Å². The summed E-state index contributed by atoms with van der Waals surface area (Å²) in [5, 5.41) is 3.28. The number of aryl methyl sites for hydroxylation is 1. The van der Waals surface area contributed by atoms with Crippen LogP contribution in [-0.4, -0.2) is 63.5 Å². The molecule has 1 fully saturated rings. The number of nitrogens with one attached hydrogen (secondary N) is 1. The van der Waals surface area contributed by atoms with Gasteiger partial charge in [0.25, 0.3) is 5.91 Å². The molecule has 10 heteroatoms. The fourth-order valence-electron chi connectivity index (χ4n) is 5.44. The molecule has 236 valence electrons. The van der Waals surface area contributed by atoms with Crippen LogP contribution >= 0.6 is 11.8 Å². The van der Waals surface area contributed by atoms with E-state index in [1.165, 1.54) is 31.4 Å². The summed E-state index contributed by atoms with van der Waals surface area (Å²) in [6, 6.07) is 12.0. The number of carbonyl (C=O) groups is 1. The number of alkyl halides is 3. The normalized spacial score (nSPS) is 14.6. The summed E-state index contributed by atoms with van der Waals surface area (Å²) in [5.74, 6) is 1.58. The van der Waals surface area contributed by atoms with E-state index in [0.29, 0.717) is 35.6 Å². The number of carbonyl (C=O) groups excluding carboxylic acids is 1. The Morgan fingerprint density at radius 2 is 1.67 bits per heavy atom. The number of piperidine rings is 1. The van der Waals surface area contributed by atoms with Gasteiger partial charge in [-0.3, -0.25) is 4.79 Å². The third-order valence-electron chi connectivity index (χ3n) is 7.86. The van der Waals surface area contributed by atoms with Gasteiger partial charge in [-0.05, 0) is 112 Å². The lowest BCUT2D eigenvalue weighted by Crippen LogP contribution is -2.34. The highest BCUT2D eigenvalue weighted by molar-refractivity contribution is 8.00. The van der Waals surface area contributed by atoms with Gasteiger partial charge in [0.15, 0.2) is 0 Å². The quantitative estimate of drug-likeness (QED) is 0.183. The minimum Gasteiger partial charge on any atom is -0.339 e. The standard InChI is InChI=1S/C33H46F3N5OS/c1-24(2)14-20-40(21-15-25(3)4)31(42)26-12-13-29-30(22-26)41(19-9-18-39-16-6-5-7-17-39)32(38-29)37-27-10-8-11-28(23-27)43-33(34,35)36/h8,10-13,22-25H,5-7,9,14-21H2,1-4H3,(H,37,38). The van der Waals surface area contributed by atoms with Crippen molar-refractivity contribution in [3.05, 3.63) is 48.0 Å². The average Bonchev–Trinajstić information content (AvgIpc) is 3.28. The van der Waals surface area contributed by atoms with E-state index in [4.69, 9.17) is 4.98 Å². The highest BCUT2D eigenvalue weighted by Crippen LogP contribution is 2.38. The van der Waals surface area contributed by atoms with E-state index in [1.807, 2.05) is 23.1 Å². The molecule has 0 saturated carbocycles. The van der Waals surface area contributed by atoms with Gasteiger partial charge >= 0.3 is 5.51 Å². The van der Waals surface area contributed by atoms with Crippen LogP contribution in [0.15, 0.2) is 47.4 Å². The summed E-state index contributed by atoms with van der Waals surface area (Å²) in [7, 11) is 0. The van der Waals surface area contributed by atoms with Crippen LogP contribution in [0.2, 0.25) is 0 Å². The van der Waals surface area contributed by atoms with Gasteiger partial charge in [0.2, 0.25) is 5.95 Å². The van der Waals surface area contributed by atoms with Crippen LogP contribution in [0.1, 0.15) is 76.6 Å². The Labute approximate surface area is 258 Å². The van der Waals surface area contributed by atoms with Crippen molar-refractivity contribution in [1.29, 1.82) is 0 Å². The first-order chi connectivity index (χ1) is 20.5. The topological polar surface area (TPSA) is 53.4 Å². The number of benzene rings is 2. The summed E-state index contributed by atoms with van der Waals surface area (Å²) in [4.78, 5) is 23.2. The number of thioether (sulfide) groups is 1. The lowest BCUT2D eigenvalue weighted by atomic mass is 10.1. The summed E-state index contributed by atoms with van der Waals surface area (Å²) in [6.07, 6.45) is 6.52. The fraction of sp³-hybridized carbons (Fsp3) is 0.576. The van der Waals surface area contributed by atoms with E-state index in [-0.39, 0.29) is 22.6 Å². The largest absolute Gasteiger partial charge is 0.446 e. The van der Waals surface area contributed by atoms with Crippen molar-refractivity contribution >= 4 is 40.3 Å². The third-order valence-corrected chi connectivity index (χ3v) is 8.58. The van der Waals surface area contributed by atoms with Crippen LogP contribution in [0, 0.1) is 11.8 Å². The van der Waals surface area contributed by atoms with Crippen molar-refractivity contribution in [3.8, 4) is 0 Å². The highest BCUT2D eigenvalue weighted by atomic mass is 32.2. The number of imidazole rings is 1. The van der Waals surface area contributed by atoms with Gasteiger partial charge in [-0.2, -0.15) is 13.2 Å². The van der Waals surface area contributed by atoms with E-state index < -0.39 is 5.51 Å². The smallest absolute Gasteiger partial charge is 0.339 e. The molecule has 1 aliphatic heterocycles. The van der Waals surface area contributed by atoms with E-state index >= 15 is 0 Å². The zero-order chi connectivity index (χ0) is 31.0. The molecular formula is C33H46F3N5OS. The summed E-state index contributed by atoms with van der Waals surface area (Å²) in [5.41, 5.74) is -1.60. The minimum absolute atomic E-state index is 0.0238. The van der Waals surface area contributed by atoms with Gasteiger partial charge in [0, 0.05) is 35.8 Å². The number of rotatable bonds is 14. The molecule has 3 aromatic rings. The van der Waals surface area contributed by atoms with Crippen LogP contribution in [-0.2, 0) is 6.54 Å². The van der Waals surface area contributed by atoms with Gasteiger partial charge in [-0.15, -0.1) is 0 Å². The average molecular weight is 618 g/mol. The zero-order valence-corrected chi connectivity index (χ0v) is 26.7. The fourth-order valence-corrected chi connectivity index (χ4v) is 6.04. The molecule has 0 radical (unpaired) electrons. The lowest BCUT2D eigenvalue weighted by Gasteiger charge is -2.26. The molecule has 1 aliphatic rings. The second kappa shape index (κ2) is 15.3. The van der Waals surface area contributed by atoms with Gasteiger partial charge in [0.05, 0.1) is 11.0 Å². The molecule has 1 amide bonds. The minimum atomic E-state index is -4.36. The Balaban J connectivity index is 1.63. The molecule has 4 rings (SSSR count). The second-order valence-electron chi connectivity index (χ2n) is 12.4. The van der Waals surface area contributed by atoms with Crippen molar-refractivity contribution in [2.24, 2.45) is 11.8 Å². The maximum Gasteiger partial charge on any atom is 0.446 e. The number of hydrogen-bond acceptors (Lipinski definition) is 5. The molecule has 0 atom stereocenters. The Kier molecular flexibility index (Phi) is 11.8. The molecule has 2 heterocycles. The van der Waals surface area contributed by atoms with Crippen LogP contribution < -0.4 is 5.32 Å². The Morgan fingerprint density at radius 1 is 0.977 bits per heavy atom. The molecule has 0 bridgehead atoms. The number of anilines is 2. The molecule has 1 N–H and O–H groups in total. The maximum atomic E-state index is 13.8. The molecule has 0 aliphatic carbocycles. The molecule has 43 heavy (non-hydrogen) atoms.